The quantitative estimate of drug-likeness (QED) is 0.602. The first-order chi connectivity index (χ1) is 13.8. The van der Waals surface area contributed by atoms with Crippen LogP contribution in [0.25, 0.3) is 10.2 Å². The fourth-order valence-corrected chi connectivity index (χ4v) is 3.90. The number of aromatic nitrogens is 1. The van der Waals surface area contributed by atoms with Gasteiger partial charge in [-0.3, -0.25) is 0 Å². The number of methoxy groups -OCH3 is 2. The van der Waals surface area contributed by atoms with Crippen LogP contribution in [0.5, 0.6) is 17.2 Å². The maximum atomic E-state index is 12.4. The van der Waals surface area contributed by atoms with Crippen molar-refractivity contribution in [3.63, 3.8) is 0 Å². The van der Waals surface area contributed by atoms with Crippen molar-refractivity contribution in [1.82, 2.24) is 4.98 Å². The summed E-state index contributed by atoms with van der Waals surface area (Å²) in [6.45, 7) is 0. The summed E-state index contributed by atoms with van der Waals surface area (Å²) in [6.07, 6.45) is -5.61. The summed E-state index contributed by atoms with van der Waals surface area (Å²) in [7, 11) is 2.87. The molecule has 0 bridgehead atoms. The van der Waals surface area contributed by atoms with Crippen molar-refractivity contribution in [2.45, 2.75) is 12.6 Å². The highest BCUT2D eigenvalue weighted by atomic mass is 32.1. The highest BCUT2D eigenvalue weighted by Gasteiger charge is 2.36. The van der Waals surface area contributed by atoms with Crippen LogP contribution in [0.15, 0.2) is 30.3 Å². The molecule has 0 saturated carbocycles. The lowest BCUT2D eigenvalue weighted by molar-refractivity contribution is -0.274. The zero-order valence-electron chi connectivity index (χ0n) is 15.0. The Morgan fingerprint density at radius 1 is 1.17 bits per heavy atom. The molecule has 0 unspecified atom stereocenters. The number of carbonyl (C=O) groups excluding carboxylic acids is 1. The molecule has 7 nitrogen and oxygen atoms in total. The molecule has 0 fully saturated rings. The average Bonchev–Trinajstić information content (AvgIpc) is 3.20. The minimum absolute atomic E-state index is 0.242. The Morgan fingerprint density at radius 2 is 1.97 bits per heavy atom. The van der Waals surface area contributed by atoms with Crippen molar-refractivity contribution in [2.24, 2.45) is 0 Å². The van der Waals surface area contributed by atoms with Gasteiger partial charge in [-0.1, -0.05) is 11.3 Å². The number of thiazole rings is 1. The molecule has 152 valence electrons. The molecule has 29 heavy (non-hydrogen) atoms. The number of cyclic esters (lactones) is 1. The van der Waals surface area contributed by atoms with Gasteiger partial charge in [0.2, 0.25) is 6.23 Å². The zero-order valence-corrected chi connectivity index (χ0v) is 15.8. The van der Waals surface area contributed by atoms with E-state index in [1.165, 1.54) is 32.4 Å². The van der Waals surface area contributed by atoms with Gasteiger partial charge in [-0.2, -0.15) is 0 Å². The second-order valence-corrected chi connectivity index (χ2v) is 6.92. The third-order valence-electron chi connectivity index (χ3n) is 4.14. The first-order valence-corrected chi connectivity index (χ1v) is 8.99. The number of benzene rings is 2. The molecule has 0 amide bonds. The summed E-state index contributed by atoms with van der Waals surface area (Å²) >= 11 is 1.10. The van der Waals surface area contributed by atoms with E-state index in [0.717, 1.165) is 11.3 Å². The van der Waals surface area contributed by atoms with Crippen LogP contribution in [0.2, 0.25) is 0 Å². The summed E-state index contributed by atoms with van der Waals surface area (Å²) in [5.74, 6) is -0.275. The minimum Gasteiger partial charge on any atom is -0.493 e. The molecule has 0 spiro atoms. The van der Waals surface area contributed by atoms with Gasteiger partial charge in [0, 0.05) is 11.6 Å². The Hall–Kier alpha value is -3.21. The van der Waals surface area contributed by atoms with E-state index in [9.17, 15) is 18.0 Å². The normalized spacial score (nSPS) is 15.8. The highest BCUT2D eigenvalue weighted by Crippen LogP contribution is 2.42. The molecule has 1 aliphatic heterocycles. The first-order valence-electron chi connectivity index (χ1n) is 8.18. The van der Waals surface area contributed by atoms with Crippen LogP contribution in [-0.2, 0) is 4.74 Å². The standard InChI is InChI=1S/C18H13F3N2O5S/c1-25-11-6-4-9-13(14(11)26-2)16(24)27-15(9)23-17-22-10-5-3-8(7-12(10)29-17)28-18(19,20)21/h3-7,15H,1-2H3,(H,22,23)/t15-/m0/s1. The van der Waals surface area contributed by atoms with Gasteiger partial charge in [0.15, 0.2) is 16.6 Å². The van der Waals surface area contributed by atoms with E-state index in [0.29, 0.717) is 26.7 Å². The average molecular weight is 426 g/mol. The molecule has 11 heteroatoms. The van der Waals surface area contributed by atoms with Crippen molar-refractivity contribution in [1.29, 1.82) is 0 Å². The van der Waals surface area contributed by atoms with Gasteiger partial charge in [0.25, 0.3) is 0 Å². The van der Waals surface area contributed by atoms with Crippen LogP contribution in [0.1, 0.15) is 22.1 Å². The van der Waals surface area contributed by atoms with Gasteiger partial charge in [-0.15, -0.1) is 13.2 Å². The third kappa shape index (κ3) is 3.60. The maximum absolute atomic E-state index is 12.4. The number of alkyl halides is 3. The molecule has 1 aromatic heterocycles. The van der Waals surface area contributed by atoms with Crippen molar-refractivity contribution < 1.29 is 36.9 Å². The van der Waals surface area contributed by atoms with Crippen molar-refractivity contribution in [3.8, 4) is 17.2 Å². The number of nitrogens with zero attached hydrogens (tertiary/aromatic N) is 1. The largest absolute Gasteiger partial charge is 0.573 e. The van der Waals surface area contributed by atoms with E-state index in [1.807, 2.05) is 0 Å². The lowest BCUT2D eigenvalue weighted by Crippen LogP contribution is -2.16. The van der Waals surface area contributed by atoms with Crippen LogP contribution < -0.4 is 19.5 Å². The van der Waals surface area contributed by atoms with Crippen molar-refractivity contribution in [2.75, 3.05) is 19.5 Å². The Morgan fingerprint density at radius 3 is 2.66 bits per heavy atom. The summed E-state index contributed by atoms with van der Waals surface area (Å²) in [5.41, 5.74) is 1.25. The van der Waals surface area contributed by atoms with Gasteiger partial charge >= 0.3 is 12.3 Å². The molecule has 1 N–H and O–H groups in total. The van der Waals surface area contributed by atoms with Crippen LogP contribution >= 0.6 is 11.3 Å². The molecular weight excluding hydrogens is 413 g/mol. The van der Waals surface area contributed by atoms with E-state index in [2.05, 4.69) is 15.0 Å². The number of esters is 1. The molecule has 3 aromatic rings. The van der Waals surface area contributed by atoms with Crippen molar-refractivity contribution in [3.05, 3.63) is 41.5 Å². The summed E-state index contributed by atoms with van der Waals surface area (Å²) in [6, 6.07) is 7.16. The SMILES string of the molecule is COc1ccc2c(c1OC)C(=O)O[C@@H]2Nc1nc2ccc(OC(F)(F)F)cc2s1. The van der Waals surface area contributed by atoms with E-state index in [1.54, 1.807) is 12.1 Å². The molecule has 4 rings (SSSR count). The number of ether oxygens (including phenoxy) is 4. The predicted octanol–water partition coefficient (Wildman–Crippen LogP) is 4.49. The Labute approximate surface area is 166 Å². The van der Waals surface area contributed by atoms with Crippen LogP contribution in [-0.4, -0.2) is 31.5 Å². The number of fused-ring (bicyclic) bond motifs is 2. The van der Waals surface area contributed by atoms with E-state index >= 15 is 0 Å². The van der Waals surface area contributed by atoms with Crippen molar-refractivity contribution >= 4 is 32.7 Å². The van der Waals surface area contributed by atoms with Gasteiger partial charge < -0.3 is 24.3 Å². The Bertz CT molecular complexity index is 1100. The molecule has 0 radical (unpaired) electrons. The van der Waals surface area contributed by atoms with E-state index < -0.39 is 18.6 Å². The topological polar surface area (TPSA) is 78.9 Å². The number of nitrogens with one attached hydrogen (secondary N) is 1. The fraction of sp³-hybridized carbons (Fsp3) is 0.222. The maximum Gasteiger partial charge on any atom is 0.573 e. The lowest BCUT2D eigenvalue weighted by Gasteiger charge is -2.13. The van der Waals surface area contributed by atoms with E-state index in [4.69, 9.17) is 14.2 Å². The second-order valence-electron chi connectivity index (χ2n) is 5.89. The zero-order chi connectivity index (χ0) is 20.8. The van der Waals surface area contributed by atoms with Gasteiger partial charge in [0.1, 0.15) is 11.3 Å². The number of hydrogen-bond acceptors (Lipinski definition) is 8. The number of carbonyl (C=O) groups is 1. The number of halogens is 3. The molecule has 0 saturated heterocycles. The van der Waals surface area contributed by atoms with Crippen LogP contribution in [0.4, 0.5) is 18.3 Å². The predicted molar refractivity (Wildman–Crippen MR) is 97.6 cm³/mol. The lowest BCUT2D eigenvalue weighted by atomic mass is 10.1. The first kappa shape index (κ1) is 19.1. The Balaban J connectivity index is 1.62. The van der Waals surface area contributed by atoms with Gasteiger partial charge in [-0.25, -0.2) is 9.78 Å². The fourth-order valence-electron chi connectivity index (χ4n) is 2.98. The number of rotatable bonds is 5. The van der Waals surface area contributed by atoms with Gasteiger partial charge in [0.05, 0.1) is 24.4 Å². The number of hydrogen-bond donors (Lipinski definition) is 1. The smallest absolute Gasteiger partial charge is 0.493 e. The number of anilines is 1. The van der Waals surface area contributed by atoms with Crippen LogP contribution in [0, 0.1) is 0 Å². The molecule has 0 aliphatic carbocycles. The van der Waals surface area contributed by atoms with Gasteiger partial charge in [-0.05, 0) is 24.3 Å². The molecular formula is C18H13F3N2O5S. The molecule has 2 heterocycles. The monoisotopic (exact) mass is 426 g/mol. The second kappa shape index (κ2) is 6.99. The highest BCUT2D eigenvalue weighted by molar-refractivity contribution is 7.22. The molecule has 1 aliphatic rings. The summed E-state index contributed by atoms with van der Waals surface area (Å²) < 4.78 is 57.4. The minimum atomic E-state index is -4.78. The molecule has 1 atom stereocenters. The molecule has 2 aromatic carbocycles. The summed E-state index contributed by atoms with van der Waals surface area (Å²) in [4.78, 5) is 16.6. The van der Waals surface area contributed by atoms with E-state index in [-0.39, 0.29) is 17.1 Å². The summed E-state index contributed by atoms with van der Waals surface area (Å²) in [5, 5.41) is 3.34. The van der Waals surface area contributed by atoms with Crippen LogP contribution in [0.3, 0.4) is 0 Å². The third-order valence-corrected chi connectivity index (χ3v) is 5.09. The Kier molecular flexibility index (Phi) is 4.61.